The van der Waals surface area contributed by atoms with Crippen LogP contribution in [-0.4, -0.2) is 38.8 Å². The molecular formula is C10H16N6O. The molecule has 0 fully saturated rings. The molecule has 17 heavy (non-hydrogen) atoms. The third-order valence-corrected chi connectivity index (χ3v) is 2.58. The van der Waals surface area contributed by atoms with Gasteiger partial charge >= 0.3 is 0 Å². The van der Waals surface area contributed by atoms with Crippen molar-refractivity contribution in [2.45, 2.75) is 13.0 Å². The van der Waals surface area contributed by atoms with Gasteiger partial charge in [-0.05, 0) is 6.54 Å². The van der Waals surface area contributed by atoms with Crippen molar-refractivity contribution in [1.29, 1.82) is 0 Å². The van der Waals surface area contributed by atoms with E-state index in [-0.39, 0.29) is 6.04 Å². The van der Waals surface area contributed by atoms with Gasteiger partial charge in [-0.25, -0.2) is 0 Å². The molecule has 0 spiro atoms. The lowest BCUT2D eigenvalue weighted by Gasteiger charge is -2.16. The van der Waals surface area contributed by atoms with Crippen LogP contribution < -0.4 is 10.1 Å². The summed E-state index contributed by atoms with van der Waals surface area (Å²) in [5.41, 5.74) is 1.75. The van der Waals surface area contributed by atoms with Crippen molar-refractivity contribution in [3.8, 4) is 5.75 Å². The maximum atomic E-state index is 5.31. The average Bonchev–Trinajstić information content (AvgIpc) is 2.95. The van der Waals surface area contributed by atoms with Gasteiger partial charge in [-0.1, -0.05) is 6.92 Å². The van der Waals surface area contributed by atoms with E-state index in [4.69, 9.17) is 4.74 Å². The van der Waals surface area contributed by atoms with Gasteiger partial charge in [0.2, 0.25) is 0 Å². The topological polar surface area (TPSA) is 80.7 Å². The Balaban J connectivity index is 2.42. The molecule has 0 saturated carbocycles. The summed E-state index contributed by atoms with van der Waals surface area (Å²) in [6.45, 7) is 2.85. The fraction of sp³-hybridized carbons (Fsp3) is 0.500. The molecule has 0 aliphatic carbocycles. The molecule has 0 radical (unpaired) electrons. The molecule has 7 nitrogen and oxygen atoms in total. The highest BCUT2D eigenvalue weighted by Crippen LogP contribution is 2.27. The van der Waals surface area contributed by atoms with Gasteiger partial charge in [0.15, 0.2) is 5.75 Å². The number of nitrogens with one attached hydrogen (secondary N) is 2. The molecule has 0 aromatic carbocycles. The van der Waals surface area contributed by atoms with E-state index in [2.05, 4.69) is 25.8 Å². The molecule has 7 heteroatoms. The minimum atomic E-state index is -0.0822. The zero-order chi connectivity index (χ0) is 12.3. The summed E-state index contributed by atoms with van der Waals surface area (Å²) < 4.78 is 7.09. The molecule has 1 unspecified atom stereocenters. The predicted molar refractivity (Wildman–Crippen MR) is 61.7 cm³/mol. The van der Waals surface area contributed by atoms with Gasteiger partial charge < -0.3 is 10.1 Å². The minimum Gasteiger partial charge on any atom is -0.493 e. The molecule has 1 atom stereocenters. The van der Waals surface area contributed by atoms with Crippen LogP contribution in [0.25, 0.3) is 0 Å². The molecule has 2 heterocycles. The van der Waals surface area contributed by atoms with Crippen LogP contribution in [0.1, 0.15) is 24.4 Å². The van der Waals surface area contributed by atoms with Gasteiger partial charge in [-0.3, -0.25) is 4.68 Å². The summed E-state index contributed by atoms with van der Waals surface area (Å²) in [4.78, 5) is 0. The number of nitrogens with zero attached hydrogens (tertiary/aromatic N) is 4. The summed E-state index contributed by atoms with van der Waals surface area (Å²) in [5.74, 6) is 0.737. The van der Waals surface area contributed by atoms with E-state index in [9.17, 15) is 0 Å². The lowest BCUT2D eigenvalue weighted by molar-refractivity contribution is 0.400. The highest BCUT2D eigenvalue weighted by atomic mass is 16.5. The molecule has 0 aliphatic heterocycles. The molecule has 2 aromatic heterocycles. The number of rotatable bonds is 5. The van der Waals surface area contributed by atoms with E-state index in [1.165, 1.54) is 0 Å². The van der Waals surface area contributed by atoms with Crippen LogP contribution >= 0.6 is 0 Å². The van der Waals surface area contributed by atoms with E-state index in [0.29, 0.717) is 0 Å². The molecule has 2 rings (SSSR count). The fourth-order valence-corrected chi connectivity index (χ4v) is 1.81. The second kappa shape index (κ2) is 4.96. The Bertz CT molecular complexity index is 463. The van der Waals surface area contributed by atoms with E-state index in [1.807, 2.05) is 14.0 Å². The van der Waals surface area contributed by atoms with Gasteiger partial charge in [-0.15, -0.1) is 0 Å². The fourth-order valence-electron chi connectivity index (χ4n) is 1.81. The Morgan fingerprint density at radius 3 is 2.94 bits per heavy atom. The number of aryl methyl sites for hydroxylation is 1. The first-order valence-electron chi connectivity index (χ1n) is 5.42. The van der Waals surface area contributed by atoms with Crippen molar-refractivity contribution in [2.75, 3.05) is 13.7 Å². The Kier molecular flexibility index (Phi) is 3.38. The summed E-state index contributed by atoms with van der Waals surface area (Å²) in [6, 6.07) is -0.0822. The van der Waals surface area contributed by atoms with Crippen molar-refractivity contribution in [1.82, 2.24) is 30.5 Å². The van der Waals surface area contributed by atoms with E-state index in [1.54, 1.807) is 24.2 Å². The first-order valence-corrected chi connectivity index (χ1v) is 5.42. The van der Waals surface area contributed by atoms with Crippen LogP contribution in [0.15, 0.2) is 12.4 Å². The van der Waals surface area contributed by atoms with Crippen molar-refractivity contribution < 1.29 is 4.74 Å². The number of hydrogen-bond donors (Lipinski definition) is 2. The second-order valence-corrected chi connectivity index (χ2v) is 3.61. The number of aromatic nitrogens is 5. The first-order chi connectivity index (χ1) is 8.27. The van der Waals surface area contributed by atoms with Crippen molar-refractivity contribution in [2.24, 2.45) is 7.05 Å². The van der Waals surface area contributed by atoms with Crippen molar-refractivity contribution in [3.05, 3.63) is 23.8 Å². The van der Waals surface area contributed by atoms with Crippen LogP contribution in [0, 0.1) is 0 Å². The zero-order valence-electron chi connectivity index (χ0n) is 10.1. The maximum Gasteiger partial charge on any atom is 0.161 e. The van der Waals surface area contributed by atoms with Crippen molar-refractivity contribution in [3.63, 3.8) is 0 Å². The molecule has 0 aliphatic rings. The number of H-pyrrole nitrogens is 1. The minimum absolute atomic E-state index is 0.0822. The number of ether oxygens (including phenoxy) is 1. The molecule has 2 aromatic rings. The quantitative estimate of drug-likeness (QED) is 0.777. The normalized spacial score (nSPS) is 12.6. The predicted octanol–water partition coefficient (Wildman–Crippen LogP) is 0.246. The molecule has 0 bridgehead atoms. The summed E-state index contributed by atoms with van der Waals surface area (Å²) >= 11 is 0. The highest BCUT2D eigenvalue weighted by molar-refractivity contribution is 5.32. The Morgan fingerprint density at radius 2 is 2.35 bits per heavy atom. The Labute approximate surface area is 99.2 Å². The molecule has 0 amide bonds. The second-order valence-electron chi connectivity index (χ2n) is 3.61. The largest absolute Gasteiger partial charge is 0.493 e. The monoisotopic (exact) mass is 236 g/mol. The van der Waals surface area contributed by atoms with Crippen LogP contribution in [0.5, 0.6) is 5.75 Å². The standard InChI is InChI=1S/C10H16N6O/c1-4-11-9(7-5-12-15-14-7)10-8(17-3)6-13-16(10)2/h5-6,9,11H,4H2,1-3H3,(H,12,14,15). The number of aromatic amines is 1. The highest BCUT2D eigenvalue weighted by Gasteiger charge is 2.23. The van der Waals surface area contributed by atoms with Gasteiger partial charge in [0, 0.05) is 7.05 Å². The van der Waals surface area contributed by atoms with Gasteiger partial charge in [0.1, 0.15) is 11.4 Å². The van der Waals surface area contributed by atoms with Crippen LogP contribution in [0.2, 0.25) is 0 Å². The molecule has 0 saturated heterocycles. The van der Waals surface area contributed by atoms with Crippen LogP contribution in [0.4, 0.5) is 0 Å². The lowest BCUT2D eigenvalue weighted by Crippen LogP contribution is -2.25. The van der Waals surface area contributed by atoms with Crippen LogP contribution in [-0.2, 0) is 7.05 Å². The van der Waals surface area contributed by atoms with E-state index >= 15 is 0 Å². The summed E-state index contributed by atoms with van der Waals surface area (Å²) in [6.07, 6.45) is 3.39. The van der Waals surface area contributed by atoms with Gasteiger partial charge in [0.25, 0.3) is 0 Å². The maximum absolute atomic E-state index is 5.31. The van der Waals surface area contributed by atoms with Gasteiger partial charge in [-0.2, -0.15) is 20.5 Å². The first kappa shape index (κ1) is 11.6. The lowest BCUT2D eigenvalue weighted by atomic mass is 10.1. The molecule has 92 valence electrons. The van der Waals surface area contributed by atoms with E-state index < -0.39 is 0 Å². The van der Waals surface area contributed by atoms with Crippen LogP contribution in [0.3, 0.4) is 0 Å². The zero-order valence-corrected chi connectivity index (χ0v) is 10.1. The van der Waals surface area contributed by atoms with E-state index in [0.717, 1.165) is 23.7 Å². The average molecular weight is 236 g/mol. The third kappa shape index (κ3) is 2.14. The number of methoxy groups -OCH3 is 1. The van der Waals surface area contributed by atoms with Crippen molar-refractivity contribution >= 4 is 0 Å². The molecular weight excluding hydrogens is 220 g/mol. The Morgan fingerprint density at radius 1 is 1.53 bits per heavy atom. The SMILES string of the molecule is CCNC(c1cn[nH]n1)c1c(OC)cnn1C. The third-order valence-electron chi connectivity index (χ3n) is 2.58. The summed E-state index contributed by atoms with van der Waals surface area (Å²) in [5, 5.41) is 18.1. The molecule has 2 N–H and O–H groups in total. The summed E-state index contributed by atoms with van der Waals surface area (Å²) in [7, 11) is 3.51. The number of hydrogen-bond acceptors (Lipinski definition) is 5. The van der Waals surface area contributed by atoms with Gasteiger partial charge in [0.05, 0.1) is 25.5 Å². The Hall–Kier alpha value is -1.89. The smallest absolute Gasteiger partial charge is 0.161 e.